The maximum atomic E-state index is 4.79. The lowest BCUT2D eigenvalue weighted by atomic mass is 10.6. The highest BCUT2D eigenvalue weighted by molar-refractivity contribution is 7.90. The van der Waals surface area contributed by atoms with Gasteiger partial charge in [0.2, 0.25) is 0 Å². The third-order valence-corrected chi connectivity index (χ3v) is 0.333. The molecule has 0 N–H and O–H groups in total. The molecule has 0 nitrogen and oxygen atoms in total. The van der Waals surface area contributed by atoms with Crippen molar-refractivity contribution < 1.29 is 0 Å². The van der Waals surface area contributed by atoms with Gasteiger partial charge in [-0.2, -0.15) is 0 Å². The zero-order chi connectivity index (χ0) is 6.12. The van der Waals surface area contributed by atoms with Crippen LogP contribution in [0.15, 0.2) is 12.2 Å². The van der Waals surface area contributed by atoms with Crippen molar-refractivity contribution in [1.82, 2.24) is 0 Å². The maximum absolute atomic E-state index is 4.79. The molecule has 0 heterocycles. The topological polar surface area (TPSA) is 0 Å². The molecule has 0 aromatic heterocycles. The van der Waals surface area contributed by atoms with E-state index in [-0.39, 0.29) is 7.29 Å². The number of hydrogen-bond acceptors (Lipinski definition) is 0. The van der Waals surface area contributed by atoms with E-state index in [0.717, 1.165) is 0 Å². The zero-order valence-electron chi connectivity index (χ0n) is 4.41. The van der Waals surface area contributed by atoms with E-state index in [1.165, 1.54) is 0 Å². The van der Waals surface area contributed by atoms with E-state index in [0.29, 0.717) is 0 Å². The Labute approximate surface area is 56.3 Å². The fraction of sp³-hybridized carbons (Fsp3) is 0.500. The van der Waals surface area contributed by atoms with E-state index in [9.17, 15) is 0 Å². The Bertz CT molecular complexity index is 32.7. The predicted octanol–water partition coefficient (Wildman–Crippen LogP) is 3.55. The summed E-state index contributed by atoms with van der Waals surface area (Å²) in [4.78, 5) is 0. The van der Waals surface area contributed by atoms with Crippen molar-refractivity contribution in [2.45, 2.75) is 13.8 Å². The highest BCUT2D eigenvalue weighted by Gasteiger charge is 1.41. The van der Waals surface area contributed by atoms with Crippen molar-refractivity contribution in [2.75, 3.05) is 0 Å². The van der Waals surface area contributed by atoms with Gasteiger partial charge in [-0.05, 0) is 13.8 Å². The van der Waals surface area contributed by atoms with Crippen LogP contribution in [-0.4, -0.2) is 0 Å². The quantitative estimate of drug-likeness (QED) is 0.374. The molecule has 3 heteroatoms. The Morgan fingerprint density at radius 1 is 1.14 bits per heavy atom. The summed E-state index contributed by atoms with van der Waals surface area (Å²) in [6.07, 6.45) is 4.00. The molecule has 0 rings (SSSR count). The lowest BCUT2D eigenvalue weighted by Crippen LogP contribution is -1.26. The van der Waals surface area contributed by atoms with Crippen molar-refractivity contribution >= 4 is 29.8 Å². The minimum Gasteiger partial charge on any atom is -0.0919 e. The largest absolute Gasteiger partial charge is 0.0919 e. The molecule has 0 aliphatic rings. The first-order chi connectivity index (χ1) is 3.33. The van der Waals surface area contributed by atoms with Gasteiger partial charge < -0.3 is 0 Å². The second kappa shape index (κ2) is 15.9. The standard InChI is InChI=1S/C4H8.Cl2HP/c1-3-4-2;1-3-2/h3-4H,1-2H3;3H. The van der Waals surface area contributed by atoms with Crippen molar-refractivity contribution in [3.63, 3.8) is 0 Å². The SMILES string of the molecule is CC=CC.ClPCl. The molecular weight excluding hydrogens is 150 g/mol. The van der Waals surface area contributed by atoms with Crippen molar-refractivity contribution in [1.29, 1.82) is 0 Å². The van der Waals surface area contributed by atoms with Gasteiger partial charge in [0.25, 0.3) is 0 Å². The Morgan fingerprint density at radius 2 is 1.29 bits per heavy atom. The normalized spacial score (nSPS) is 8.00. The molecule has 7 heavy (non-hydrogen) atoms. The predicted molar refractivity (Wildman–Crippen MR) is 40.5 cm³/mol. The van der Waals surface area contributed by atoms with Gasteiger partial charge in [-0.25, -0.2) is 0 Å². The first-order valence-corrected chi connectivity index (χ1v) is 4.89. The number of rotatable bonds is 0. The van der Waals surface area contributed by atoms with Gasteiger partial charge in [-0.1, -0.05) is 34.6 Å². The van der Waals surface area contributed by atoms with Crippen LogP contribution in [0.2, 0.25) is 0 Å². The van der Waals surface area contributed by atoms with E-state index in [1.54, 1.807) is 0 Å². The van der Waals surface area contributed by atoms with Crippen LogP contribution < -0.4 is 0 Å². The molecule has 0 bridgehead atoms. The second-order valence-electron chi connectivity index (χ2n) is 0.738. The molecule has 0 saturated carbocycles. The molecule has 0 aliphatic carbocycles. The molecule has 0 aromatic carbocycles. The van der Waals surface area contributed by atoms with Crippen LogP contribution in [0.1, 0.15) is 13.8 Å². The van der Waals surface area contributed by atoms with Crippen LogP contribution in [0.25, 0.3) is 0 Å². The lowest BCUT2D eigenvalue weighted by Gasteiger charge is -1.49. The van der Waals surface area contributed by atoms with E-state index in [1.807, 2.05) is 26.0 Å². The summed E-state index contributed by atoms with van der Waals surface area (Å²) in [5.74, 6) is 0. The molecule has 0 atom stereocenters. The molecular formula is C4H9Cl2P. The van der Waals surface area contributed by atoms with Crippen molar-refractivity contribution in [2.24, 2.45) is 0 Å². The summed E-state index contributed by atoms with van der Waals surface area (Å²) in [5.41, 5.74) is 0. The minimum absolute atomic E-state index is 0.0278. The van der Waals surface area contributed by atoms with E-state index in [2.05, 4.69) is 0 Å². The van der Waals surface area contributed by atoms with Gasteiger partial charge >= 0.3 is 0 Å². The molecule has 0 unspecified atom stereocenters. The average molecular weight is 159 g/mol. The number of halogens is 2. The average Bonchev–Trinajstić information content (AvgIpc) is 1.69. The fourth-order valence-electron chi connectivity index (χ4n) is 0. The summed E-state index contributed by atoms with van der Waals surface area (Å²) in [6, 6.07) is 0. The van der Waals surface area contributed by atoms with Crippen LogP contribution in [0, 0.1) is 0 Å². The summed E-state index contributed by atoms with van der Waals surface area (Å²) < 4.78 is 0. The summed E-state index contributed by atoms with van der Waals surface area (Å²) in [5, 5.41) is 0. The van der Waals surface area contributed by atoms with Crippen molar-refractivity contribution in [3.8, 4) is 0 Å². The third-order valence-electron chi connectivity index (χ3n) is 0.333. The van der Waals surface area contributed by atoms with Crippen molar-refractivity contribution in [3.05, 3.63) is 12.2 Å². The van der Waals surface area contributed by atoms with Crippen LogP contribution in [0.3, 0.4) is 0 Å². The highest BCUT2D eigenvalue weighted by atomic mass is 35.9. The van der Waals surface area contributed by atoms with Gasteiger partial charge in [0.15, 0.2) is 0 Å². The van der Waals surface area contributed by atoms with E-state index in [4.69, 9.17) is 22.5 Å². The zero-order valence-corrected chi connectivity index (χ0v) is 6.92. The molecule has 0 amide bonds. The summed E-state index contributed by atoms with van der Waals surface area (Å²) in [6.45, 7) is 4.00. The van der Waals surface area contributed by atoms with Crippen LogP contribution in [-0.2, 0) is 0 Å². The highest BCUT2D eigenvalue weighted by Crippen LogP contribution is 2.19. The molecule has 0 fully saturated rings. The number of hydrogen-bond donors (Lipinski definition) is 0. The molecule has 0 aliphatic heterocycles. The Morgan fingerprint density at radius 3 is 1.29 bits per heavy atom. The molecule has 44 valence electrons. The molecule has 0 aromatic rings. The monoisotopic (exact) mass is 158 g/mol. The van der Waals surface area contributed by atoms with Gasteiger partial charge in [0.1, 0.15) is 0 Å². The van der Waals surface area contributed by atoms with Gasteiger partial charge in [0, 0.05) is 0 Å². The smallest absolute Gasteiger partial charge is 0.0713 e. The second-order valence-corrected chi connectivity index (χ2v) is 2.60. The Kier molecular flexibility index (Phi) is 24.2. The van der Waals surface area contributed by atoms with Crippen LogP contribution >= 0.6 is 29.8 Å². The molecule has 0 saturated heterocycles. The first-order valence-electron chi connectivity index (χ1n) is 1.87. The molecule has 0 spiro atoms. The van der Waals surface area contributed by atoms with E-state index < -0.39 is 0 Å². The lowest BCUT2D eigenvalue weighted by molar-refractivity contribution is 1.64. The third kappa shape index (κ3) is 49.7. The minimum atomic E-state index is 0.0278. The van der Waals surface area contributed by atoms with Crippen LogP contribution in [0.4, 0.5) is 0 Å². The maximum Gasteiger partial charge on any atom is 0.0713 e. The van der Waals surface area contributed by atoms with Gasteiger partial charge in [-0.15, -0.1) is 0 Å². The first kappa shape index (κ1) is 10.7. The number of allylic oxidation sites excluding steroid dienone is 2. The summed E-state index contributed by atoms with van der Waals surface area (Å²) in [7, 11) is 0.0278. The molecule has 0 radical (unpaired) electrons. The van der Waals surface area contributed by atoms with Gasteiger partial charge in [0.05, 0.1) is 7.29 Å². The summed E-state index contributed by atoms with van der Waals surface area (Å²) >= 11 is 9.58. The van der Waals surface area contributed by atoms with E-state index >= 15 is 0 Å². The van der Waals surface area contributed by atoms with Crippen LogP contribution in [0.5, 0.6) is 0 Å². The van der Waals surface area contributed by atoms with Gasteiger partial charge in [-0.3, -0.25) is 0 Å². The Balaban J connectivity index is 0. The Hall–Kier alpha value is 0.750. The fourth-order valence-corrected chi connectivity index (χ4v) is 0.